The molecule has 0 aromatic heterocycles. The average molecular weight is 509 g/mol. The van der Waals surface area contributed by atoms with Crippen LogP contribution < -0.4 is 24.4 Å². The summed E-state index contributed by atoms with van der Waals surface area (Å²) in [5.74, 6) is 0.840. The molecule has 0 bridgehead atoms. The third kappa shape index (κ3) is 7.16. The SMILES string of the molecule is CCOC(=O)COc1c(Br)cc(/C=N\NC(=O)c2cc(OC)cc(OC)c2)cc1OCC. The number of halogens is 1. The van der Waals surface area contributed by atoms with Crippen molar-refractivity contribution in [2.24, 2.45) is 5.10 Å². The van der Waals surface area contributed by atoms with Gasteiger partial charge in [-0.25, -0.2) is 10.2 Å². The highest BCUT2D eigenvalue weighted by atomic mass is 79.9. The Morgan fingerprint density at radius 3 is 2.28 bits per heavy atom. The van der Waals surface area contributed by atoms with Gasteiger partial charge < -0.3 is 23.7 Å². The van der Waals surface area contributed by atoms with Crippen LogP contribution >= 0.6 is 15.9 Å². The molecule has 0 fully saturated rings. The molecule has 0 aliphatic heterocycles. The molecule has 0 radical (unpaired) electrons. The fourth-order valence-electron chi connectivity index (χ4n) is 2.57. The molecule has 0 atom stereocenters. The average Bonchev–Trinajstić information content (AvgIpc) is 2.78. The van der Waals surface area contributed by atoms with Gasteiger partial charge in [-0.3, -0.25) is 4.79 Å². The van der Waals surface area contributed by atoms with E-state index in [1.165, 1.54) is 20.4 Å². The molecule has 0 saturated carbocycles. The first-order valence-corrected chi connectivity index (χ1v) is 10.5. The fourth-order valence-corrected chi connectivity index (χ4v) is 3.14. The van der Waals surface area contributed by atoms with Gasteiger partial charge in [-0.15, -0.1) is 0 Å². The van der Waals surface area contributed by atoms with Crippen molar-refractivity contribution in [1.82, 2.24) is 5.43 Å². The number of esters is 1. The van der Waals surface area contributed by atoms with Crippen LogP contribution in [-0.2, 0) is 9.53 Å². The second kappa shape index (κ2) is 12.6. The van der Waals surface area contributed by atoms with Crippen LogP contribution in [0, 0.1) is 0 Å². The summed E-state index contributed by atoms with van der Waals surface area (Å²) in [6, 6.07) is 8.21. The van der Waals surface area contributed by atoms with E-state index in [0.29, 0.717) is 45.2 Å². The van der Waals surface area contributed by atoms with E-state index in [2.05, 4.69) is 26.5 Å². The summed E-state index contributed by atoms with van der Waals surface area (Å²) < 4.78 is 26.9. The Balaban J connectivity index is 2.14. The maximum absolute atomic E-state index is 12.4. The predicted molar refractivity (Wildman–Crippen MR) is 122 cm³/mol. The zero-order valence-electron chi connectivity index (χ0n) is 18.3. The van der Waals surface area contributed by atoms with Crippen molar-refractivity contribution in [2.45, 2.75) is 13.8 Å². The Morgan fingerprint density at radius 1 is 1.00 bits per heavy atom. The zero-order chi connectivity index (χ0) is 23.5. The molecule has 0 aliphatic rings. The monoisotopic (exact) mass is 508 g/mol. The standard InChI is InChI=1S/C22H25BrN2O7/c1-5-30-19-8-14(7-18(23)21(19)32-13-20(26)31-6-2)12-24-25-22(27)15-9-16(28-3)11-17(10-15)29-4/h7-12H,5-6,13H2,1-4H3,(H,25,27)/b24-12-. The molecule has 9 nitrogen and oxygen atoms in total. The number of hydrogen-bond acceptors (Lipinski definition) is 8. The molecular weight excluding hydrogens is 484 g/mol. The number of hydrogen-bond donors (Lipinski definition) is 1. The summed E-state index contributed by atoms with van der Waals surface area (Å²) in [6.07, 6.45) is 1.46. The van der Waals surface area contributed by atoms with Crippen LogP contribution in [0.4, 0.5) is 0 Å². The third-order valence-electron chi connectivity index (χ3n) is 3.96. The number of hydrazone groups is 1. The molecule has 32 heavy (non-hydrogen) atoms. The number of nitrogens with zero attached hydrogens (tertiary/aromatic N) is 1. The van der Waals surface area contributed by atoms with Gasteiger partial charge in [-0.2, -0.15) is 5.10 Å². The number of carbonyl (C=O) groups excluding carboxylic acids is 2. The van der Waals surface area contributed by atoms with Crippen LogP contribution in [0.25, 0.3) is 0 Å². The van der Waals surface area contributed by atoms with Gasteiger partial charge in [0.2, 0.25) is 0 Å². The molecular formula is C22H25BrN2O7. The van der Waals surface area contributed by atoms with Crippen LogP contribution in [-0.4, -0.2) is 52.1 Å². The first kappa shape index (κ1) is 25.0. The molecule has 1 amide bonds. The molecule has 0 saturated heterocycles. The Kier molecular flexibility index (Phi) is 9.80. The van der Waals surface area contributed by atoms with Gasteiger partial charge in [-0.05, 0) is 59.6 Å². The van der Waals surface area contributed by atoms with E-state index in [1.807, 2.05) is 6.92 Å². The molecule has 0 spiro atoms. The normalized spacial score (nSPS) is 10.5. The van der Waals surface area contributed by atoms with Gasteiger partial charge in [0.05, 0.1) is 38.1 Å². The van der Waals surface area contributed by atoms with Crippen LogP contribution in [0.15, 0.2) is 39.9 Å². The Morgan fingerprint density at radius 2 is 1.69 bits per heavy atom. The van der Waals surface area contributed by atoms with Gasteiger partial charge in [0.25, 0.3) is 5.91 Å². The van der Waals surface area contributed by atoms with Crippen molar-refractivity contribution in [1.29, 1.82) is 0 Å². The van der Waals surface area contributed by atoms with Gasteiger partial charge in [-0.1, -0.05) is 0 Å². The molecule has 2 aromatic carbocycles. The second-order valence-electron chi connectivity index (χ2n) is 6.16. The first-order valence-electron chi connectivity index (χ1n) is 9.73. The number of benzene rings is 2. The molecule has 0 heterocycles. The van der Waals surface area contributed by atoms with E-state index >= 15 is 0 Å². The van der Waals surface area contributed by atoms with Crippen molar-refractivity contribution < 1.29 is 33.3 Å². The van der Waals surface area contributed by atoms with E-state index in [1.54, 1.807) is 37.3 Å². The van der Waals surface area contributed by atoms with Crippen molar-refractivity contribution in [3.8, 4) is 23.0 Å². The molecule has 1 N–H and O–H groups in total. The molecule has 0 unspecified atom stereocenters. The topological polar surface area (TPSA) is 105 Å². The number of ether oxygens (including phenoxy) is 5. The highest BCUT2D eigenvalue weighted by Crippen LogP contribution is 2.36. The summed E-state index contributed by atoms with van der Waals surface area (Å²) >= 11 is 3.41. The molecule has 2 aromatic rings. The lowest BCUT2D eigenvalue weighted by molar-refractivity contribution is -0.145. The summed E-state index contributed by atoms with van der Waals surface area (Å²) in [7, 11) is 3.01. The number of amides is 1. The van der Waals surface area contributed by atoms with Gasteiger partial charge in [0.15, 0.2) is 18.1 Å². The summed E-state index contributed by atoms with van der Waals surface area (Å²) in [6.45, 7) is 3.95. The number of nitrogens with one attached hydrogen (secondary N) is 1. The summed E-state index contributed by atoms with van der Waals surface area (Å²) in [5, 5.41) is 4.00. The lowest BCUT2D eigenvalue weighted by Gasteiger charge is -2.14. The fraction of sp³-hybridized carbons (Fsp3) is 0.318. The van der Waals surface area contributed by atoms with Gasteiger partial charge in [0.1, 0.15) is 11.5 Å². The molecule has 2 rings (SSSR count). The zero-order valence-corrected chi connectivity index (χ0v) is 19.9. The van der Waals surface area contributed by atoms with Gasteiger partial charge in [0, 0.05) is 11.6 Å². The lowest BCUT2D eigenvalue weighted by atomic mass is 10.2. The van der Waals surface area contributed by atoms with Crippen LogP contribution in [0.5, 0.6) is 23.0 Å². The quantitative estimate of drug-likeness (QED) is 0.281. The van der Waals surface area contributed by atoms with Crippen molar-refractivity contribution in [2.75, 3.05) is 34.0 Å². The highest BCUT2D eigenvalue weighted by Gasteiger charge is 2.14. The maximum atomic E-state index is 12.4. The molecule has 0 aliphatic carbocycles. The van der Waals surface area contributed by atoms with Crippen LogP contribution in [0.2, 0.25) is 0 Å². The van der Waals surface area contributed by atoms with Crippen LogP contribution in [0.3, 0.4) is 0 Å². The second-order valence-corrected chi connectivity index (χ2v) is 7.01. The van der Waals surface area contributed by atoms with Crippen molar-refractivity contribution in [3.63, 3.8) is 0 Å². The van der Waals surface area contributed by atoms with Crippen molar-refractivity contribution >= 4 is 34.0 Å². The van der Waals surface area contributed by atoms with Crippen LogP contribution in [0.1, 0.15) is 29.8 Å². The van der Waals surface area contributed by atoms with E-state index < -0.39 is 11.9 Å². The first-order chi connectivity index (χ1) is 15.4. The number of carbonyl (C=O) groups is 2. The maximum Gasteiger partial charge on any atom is 0.344 e. The van der Waals surface area contributed by atoms with E-state index in [0.717, 1.165) is 0 Å². The number of rotatable bonds is 11. The van der Waals surface area contributed by atoms with E-state index in [-0.39, 0.29) is 13.2 Å². The number of methoxy groups -OCH3 is 2. The minimum Gasteiger partial charge on any atom is -0.497 e. The third-order valence-corrected chi connectivity index (χ3v) is 4.55. The lowest BCUT2D eigenvalue weighted by Crippen LogP contribution is -2.17. The minimum atomic E-state index is -0.482. The van der Waals surface area contributed by atoms with Crippen molar-refractivity contribution in [3.05, 3.63) is 45.9 Å². The smallest absolute Gasteiger partial charge is 0.344 e. The Hall–Kier alpha value is -3.27. The highest BCUT2D eigenvalue weighted by molar-refractivity contribution is 9.10. The van der Waals surface area contributed by atoms with E-state index in [9.17, 15) is 9.59 Å². The summed E-state index contributed by atoms with van der Waals surface area (Å²) in [5.41, 5.74) is 3.42. The van der Waals surface area contributed by atoms with E-state index in [4.69, 9.17) is 23.7 Å². The molecule has 172 valence electrons. The predicted octanol–water partition coefficient (Wildman–Crippen LogP) is 3.57. The Labute approximate surface area is 194 Å². The Bertz CT molecular complexity index is 957. The minimum absolute atomic E-state index is 0.250. The summed E-state index contributed by atoms with van der Waals surface area (Å²) in [4.78, 5) is 24.0. The largest absolute Gasteiger partial charge is 0.497 e. The molecule has 10 heteroatoms. The van der Waals surface area contributed by atoms with Gasteiger partial charge >= 0.3 is 5.97 Å².